The molecule has 0 radical (unpaired) electrons. The van der Waals surface area contributed by atoms with Gasteiger partial charge in [0.05, 0.1) is 18.1 Å². The van der Waals surface area contributed by atoms with Gasteiger partial charge in [-0.1, -0.05) is 6.92 Å². The summed E-state index contributed by atoms with van der Waals surface area (Å²) in [6.07, 6.45) is 3.07. The van der Waals surface area contributed by atoms with E-state index < -0.39 is 0 Å². The van der Waals surface area contributed by atoms with Crippen LogP contribution in [0.5, 0.6) is 0 Å². The maximum absolute atomic E-state index is 12.6. The van der Waals surface area contributed by atoms with Gasteiger partial charge in [0.2, 0.25) is 5.91 Å². The summed E-state index contributed by atoms with van der Waals surface area (Å²) in [6, 6.07) is 0.0413. The minimum Gasteiger partial charge on any atom is -0.372 e. The lowest BCUT2D eigenvalue weighted by atomic mass is 9.78. The molecule has 4 nitrogen and oxygen atoms in total. The Labute approximate surface area is 110 Å². The minimum absolute atomic E-state index is 0.0163. The lowest BCUT2D eigenvalue weighted by molar-refractivity contribution is -0.152. The molecule has 0 aromatic carbocycles. The van der Waals surface area contributed by atoms with E-state index in [4.69, 9.17) is 10.5 Å². The van der Waals surface area contributed by atoms with Gasteiger partial charge in [0.25, 0.3) is 0 Å². The highest BCUT2D eigenvalue weighted by Crippen LogP contribution is 2.30. The van der Waals surface area contributed by atoms with Crippen LogP contribution in [0.25, 0.3) is 0 Å². The molecular formula is C14H26N2O2. The van der Waals surface area contributed by atoms with Crippen LogP contribution in [-0.2, 0) is 9.53 Å². The molecule has 0 bridgehead atoms. The molecule has 2 rings (SSSR count). The topological polar surface area (TPSA) is 55.6 Å². The fraction of sp³-hybridized carbons (Fsp3) is 0.929. The predicted octanol–water partition coefficient (Wildman–Crippen LogP) is 1.39. The van der Waals surface area contributed by atoms with Crippen LogP contribution in [0.4, 0.5) is 0 Å². The van der Waals surface area contributed by atoms with Crippen molar-refractivity contribution >= 4 is 5.91 Å². The van der Waals surface area contributed by atoms with E-state index in [1.165, 1.54) is 0 Å². The molecule has 18 heavy (non-hydrogen) atoms. The van der Waals surface area contributed by atoms with Crippen LogP contribution >= 0.6 is 0 Å². The Morgan fingerprint density at radius 3 is 2.78 bits per heavy atom. The monoisotopic (exact) mass is 254 g/mol. The summed E-state index contributed by atoms with van der Waals surface area (Å²) in [7, 11) is 0. The summed E-state index contributed by atoms with van der Waals surface area (Å²) in [6.45, 7) is 8.32. The summed E-state index contributed by atoms with van der Waals surface area (Å²) in [5.41, 5.74) is 5.91. The summed E-state index contributed by atoms with van der Waals surface area (Å²) in [5.74, 6) is 0.876. The Balaban J connectivity index is 2.01. The van der Waals surface area contributed by atoms with Gasteiger partial charge in [-0.3, -0.25) is 4.79 Å². The number of hydrogen-bond acceptors (Lipinski definition) is 3. The van der Waals surface area contributed by atoms with Gasteiger partial charge in [-0.15, -0.1) is 0 Å². The molecule has 1 aliphatic heterocycles. The van der Waals surface area contributed by atoms with Crippen molar-refractivity contribution in [3.05, 3.63) is 0 Å². The second-order valence-electron chi connectivity index (χ2n) is 6.56. The second kappa shape index (κ2) is 5.17. The van der Waals surface area contributed by atoms with E-state index in [1.54, 1.807) is 0 Å². The molecule has 1 heterocycles. The number of nitrogens with zero attached hydrogens (tertiary/aromatic N) is 1. The van der Waals surface area contributed by atoms with E-state index in [-0.39, 0.29) is 23.5 Å². The normalized spacial score (nSPS) is 36.4. The van der Waals surface area contributed by atoms with Crippen molar-refractivity contribution in [1.82, 2.24) is 4.90 Å². The van der Waals surface area contributed by atoms with Gasteiger partial charge in [0.15, 0.2) is 0 Å². The molecule has 1 aliphatic carbocycles. The lowest BCUT2D eigenvalue weighted by Crippen LogP contribution is -2.55. The number of ether oxygens (including phenoxy) is 1. The van der Waals surface area contributed by atoms with Crippen LogP contribution in [0.1, 0.15) is 40.0 Å². The van der Waals surface area contributed by atoms with Gasteiger partial charge < -0.3 is 15.4 Å². The van der Waals surface area contributed by atoms with Crippen molar-refractivity contribution in [2.24, 2.45) is 17.6 Å². The second-order valence-corrected chi connectivity index (χ2v) is 6.56. The first-order valence-electron chi connectivity index (χ1n) is 7.07. The Bertz CT molecular complexity index is 317. The van der Waals surface area contributed by atoms with Gasteiger partial charge in [0.1, 0.15) is 0 Å². The van der Waals surface area contributed by atoms with Crippen molar-refractivity contribution in [3.8, 4) is 0 Å². The molecule has 0 aromatic heterocycles. The van der Waals surface area contributed by atoms with Crippen LogP contribution in [0.2, 0.25) is 0 Å². The first-order chi connectivity index (χ1) is 8.39. The number of nitrogens with two attached hydrogens (primary N) is 1. The Kier molecular flexibility index (Phi) is 3.97. The van der Waals surface area contributed by atoms with E-state index >= 15 is 0 Å². The van der Waals surface area contributed by atoms with Gasteiger partial charge in [-0.25, -0.2) is 0 Å². The van der Waals surface area contributed by atoms with E-state index in [9.17, 15) is 4.79 Å². The number of rotatable bonds is 1. The fourth-order valence-electron chi connectivity index (χ4n) is 3.13. The zero-order valence-electron chi connectivity index (χ0n) is 11.8. The van der Waals surface area contributed by atoms with Crippen molar-refractivity contribution in [2.75, 3.05) is 19.7 Å². The summed E-state index contributed by atoms with van der Waals surface area (Å²) >= 11 is 0. The molecule has 3 atom stereocenters. The van der Waals surface area contributed by atoms with Gasteiger partial charge in [0, 0.05) is 19.1 Å². The highest BCUT2D eigenvalue weighted by Gasteiger charge is 2.37. The van der Waals surface area contributed by atoms with Crippen molar-refractivity contribution < 1.29 is 9.53 Å². The number of amides is 1. The van der Waals surface area contributed by atoms with Crippen molar-refractivity contribution in [2.45, 2.75) is 51.7 Å². The predicted molar refractivity (Wildman–Crippen MR) is 71.1 cm³/mol. The molecule has 2 fully saturated rings. The van der Waals surface area contributed by atoms with E-state index in [0.717, 1.165) is 19.3 Å². The molecule has 1 saturated carbocycles. The Morgan fingerprint density at radius 1 is 1.39 bits per heavy atom. The Morgan fingerprint density at radius 2 is 2.11 bits per heavy atom. The highest BCUT2D eigenvalue weighted by atomic mass is 16.5. The molecular weight excluding hydrogens is 228 g/mol. The number of carbonyl (C=O) groups is 1. The van der Waals surface area contributed by atoms with Gasteiger partial charge in [-0.05, 0) is 39.0 Å². The number of hydrogen-bond donors (Lipinski definition) is 1. The van der Waals surface area contributed by atoms with E-state index in [0.29, 0.717) is 25.6 Å². The average Bonchev–Trinajstić information content (AvgIpc) is 2.30. The number of morpholine rings is 1. The standard InChI is InChI=1S/C14H26N2O2/c1-10-4-5-12(15)11(8-10)13(17)16-6-7-18-14(2,3)9-16/h10-12H,4-9,15H2,1-3H3. The summed E-state index contributed by atoms with van der Waals surface area (Å²) in [5, 5.41) is 0. The average molecular weight is 254 g/mol. The molecule has 4 heteroatoms. The fourth-order valence-corrected chi connectivity index (χ4v) is 3.13. The zero-order valence-corrected chi connectivity index (χ0v) is 11.8. The van der Waals surface area contributed by atoms with Crippen LogP contribution in [-0.4, -0.2) is 42.1 Å². The smallest absolute Gasteiger partial charge is 0.227 e. The van der Waals surface area contributed by atoms with Crippen molar-refractivity contribution in [3.63, 3.8) is 0 Å². The molecule has 1 amide bonds. The van der Waals surface area contributed by atoms with E-state index in [2.05, 4.69) is 6.92 Å². The van der Waals surface area contributed by atoms with E-state index in [1.807, 2.05) is 18.7 Å². The van der Waals surface area contributed by atoms with Gasteiger partial charge in [-0.2, -0.15) is 0 Å². The van der Waals surface area contributed by atoms with Crippen molar-refractivity contribution in [1.29, 1.82) is 0 Å². The highest BCUT2D eigenvalue weighted by molar-refractivity contribution is 5.80. The first kappa shape index (κ1) is 13.8. The third kappa shape index (κ3) is 3.04. The van der Waals surface area contributed by atoms with Crippen LogP contribution in [0, 0.1) is 11.8 Å². The third-order valence-electron chi connectivity index (χ3n) is 4.22. The third-order valence-corrected chi connectivity index (χ3v) is 4.22. The number of carbonyl (C=O) groups excluding carboxylic acids is 1. The quantitative estimate of drug-likeness (QED) is 0.769. The minimum atomic E-state index is -0.224. The maximum Gasteiger partial charge on any atom is 0.227 e. The molecule has 0 aromatic rings. The Hall–Kier alpha value is -0.610. The summed E-state index contributed by atoms with van der Waals surface area (Å²) < 4.78 is 5.66. The molecule has 2 N–H and O–H groups in total. The molecule has 3 unspecified atom stereocenters. The van der Waals surface area contributed by atoms with Gasteiger partial charge >= 0.3 is 0 Å². The van der Waals surface area contributed by atoms with Crippen LogP contribution < -0.4 is 5.73 Å². The molecule has 1 saturated heterocycles. The van der Waals surface area contributed by atoms with Crippen LogP contribution in [0.3, 0.4) is 0 Å². The molecule has 2 aliphatic rings. The maximum atomic E-state index is 12.6. The zero-order chi connectivity index (χ0) is 13.3. The largest absolute Gasteiger partial charge is 0.372 e. The SMILES string of the molecule is CC1CCC(N)C(C(=O)N2CCOC(C)(C)C2)C1. The first-order valence-corrected chi connectivity index (χ1v) is 7.07. The molecule has 104 valence electrons. The molecule has 0 spiro atoms. The lowest BCUT2D eigenvalue weighted by Gasteiger charge is -2.41. The summed E-state index contributed by atoms with van der Waals surface area (Å²) in [4.78, 5) is 14.5. The van der Waals surface area contributed by atoms with Crippen LogP contribution in [0.15, 0.2) is 0 Å².